The maximum atomic E-state index is 11.7. The molecule has 0 radical (unpaired) electrons. The smallest absolute Gasteiger partial charge is 0.325 e. The van der Waals surface area contributed by atoms with Crippen LogP contribution < -0.4 is 4.72 Å². The molecule has 0 heterocycles. The summed E-state index contributed by atoms with van der Waals surface area (Å²) in [5.74, 6) is -0.631. The number of ether oxygens (including phenoxy) is 1. The van der Waals surface area contributed by atoms with Gasteiger partial charge in [0.1, 0.15) is 0 Å². The average molecular weight is 265 g/mol. The lowest BCUT2D eigenvalue weighted by molar-refractivity contribution is -0.139. The zero-order valence-corrected chi connectivity index (χ0v) is 10.9. The first-order chi connectivity index (χ1) is 7.86. The number of carbonyl (C=O) groups is 1. The Morgan fingerprint density at radius 1 is 1.53 bits per heavy atom. The molecule has 3 atom stereocenters. The second-order valence-corrected chi connectivity index (χ2v) is 6.48. The third-order valence-corrected chi connectivity index (χ3v) is 4.78. The van der Waals surface area contributed by atoms with Crippen molar-refractivity contribution in [2.24, 2.45) is 5.92 Å². The molecule has 2 N–H and O–H groups in total. The Hall–Kier alpha value is -0.660. The van der Waals surface area contributed by atoms with E-state index < -0.39 is 21.2 Å². The second-order valence-electron chi connectivity index (χ2n) is 4.39. The van der Waals surface area contributed by atoms with Crippen molar-refractivity contribution in [3.63, 3.8) is 0 Å². The third-order valence-electron chi connectivity index (χ3n) is 3.09. The molecule has 1 fully saturated rings. The van der Waals surface area contributed by atoms with Crippen LogP contribution in [0.1, 0.15) is 26.2 Å². The fraction of sp³-hybridized carbons (Fsp3) is 0.900. The lowest BCUT2D eigenvalue weighted by atomic mass is 10.1. The lowest BCUT2D eigenvalue weighted by Gasteiger charge is -2.14. The van der Waals surface area contributed by atoms with Crippen molar-refractivity contribution < 1.29 is 23.1 Å². The topological polar surface area (TPSA) is 92.7 Å². The zero-order valence-electron chi connectivity index (χ0n) is 10.0. The Labute approximate surface area is 101 Å². The Morgan fingerprint density at radius 2 is 2.18 bits per heavy atom. The van der Waals surface area contributed by atoms with Crippen molar-refractivity contribution in [2.45, 2.75) is 37.5 Å². The Morgan fingerprint density at radius 3 is 2.65 bits per heavy atom. The highest BCUT2D eigenvalue weighted by Crippen LogP contribution is 2.24. The van der Waals surface area contributed by atoms with Crippen molar-refractivity contribution in [2.75, 3.05) is 13.7 Å². The normalized spacial score (nSPS) is 26.8. The molecule has 0 spiro atoms. The van der Waals surface area contributed by atoms with E-state index in [9.17, 15) is 18.3 Å². The lowest BCUT2D eigenvalue weighted by Crippen LogP contribution is -2.40. The molecule has 0 bridgehead atoms. The summed E-state index contributed by atoms with van der Waals surface area (Å²) in [6.45, 7) is 1.55. The van der Waals surface area contributed by atoms with E-state index in [1.54, 1.807) is 0 Å². The quantitative estimate of drug-likeness (QED) is 0.662. The van der Waals surface area contributed by atoms with E-state index in [2.05, 4.69) is 9.46 Å². The number of nitrogens with one attached hydrogen (secondary N) is 1. The maximum Gasteiger partial charge on any atom is 0.325 e. The van der Waals surface area contributed by atoms with E-state index in [4.69, 9.17) is 0 Å². The molecule has 0 amide bonds. The van der Waals surface area contributed by atoms with Gasteiger partial charge >= 0.3 is 5.97 Å². The summed E-state index contributed by atoms with van der Waals surface area (Å²) in [4.78, 5) is 11.1. The van der Waals surface area contributed by atoms with Gasteiger partial charge in [0.15, 0.2) is 5.25 Å². The van der Waals surface area contributed by atoms with Gasteiger partial charge < -0.3 is 9.84 Å². The Kier molecular flexibility index (Phi) is 4.91. The summed E-state index contributed by atoms with van der Waals surface area (Å²) in [5, 5.41) is 8.10. The summed E-state index contributed by atoms with van der Waals surface area (Å²) in [5.41, 5.74) is 0. The Balaban J connectivity index is 2.47. The monoisotopic (exact) mass is 265 g/mol. The van der Waals surface area contributed by atoms with Gasteiger partial charge in [0.05, 0.1) is 13.2 Å². The highest BCUT2D eigenvalue weighted by Gasteiger charge is 2.30. The molecule has 0 aliphatic heterocycles. The number of esters is 1. The summed E-state index contributed by atoms with van der Waals surface area (Å²) in [6, 6.07) is 0. The summed E-state index contributed by atoms with van der Waals surface area (Å²) < 4.78 is 30.2. The van der Waals surface area contributed by atoms with Gasteiger partial charge in [-0.1, -0.05) is 0 Å². The van der Waals surface area contributed by atoms with E-state index >= 15 is 0 Å². The summed E-state index contributed by atoms with van der Waals surface area (Å²) in [7, 11) is -2.53. The summed E-state index contributed by atoms with van der Waals surface area (Å²) >= 11 is 0. The van der Waals surface area contributed by atoms with Gasteiger partial charge in [-0.05, 0) is 32.1 Å². The van der Waals surface area contributed by atoms with Gasteiger partial charge in [0, 0.05) is 6.54 Å². The summed E-state index contributed by atoms with van der Waals surface area (Å²) in [6.07, 6.45) is 1.78. The average Bonchev–Trinajstić information content (AvgIpc) is 2.70. The Bertz CT molecular complexity index is 367. The molecule has 7 heteroatoms. The predicted octanol–water partition coefficient (Wildman–Crippen LogP) is -0.372. The highest BCUT2D eigenvalue weighted by molar-refractivity contribution is 7.90. The number of hydrogen-bond acceptors (Lipinski definition) is 5. The largest absolute Gasteiger partial charge is 0.468 e. The fourth-order valence-electron chi connectivity index (χ4n) is 1.89. The van der Waals surface area contributed by atoms with Gasteiger partial charge in [0.2, 0.25) is 10.0 Å². The van der Waals surface area contributed by atoms with Gasteiger partial charge in [-0.2, -0.15) is 0 Å². The van der Waals surface area contributed by atoms with E-state index in [1.165, 1.54) is 6.92 Å². The van der Waals surface area contributed by atoms with E-state index in [1.807, 2.05) is 0 Å². The third kappa shape index (κ3) is 3.93. The molecule has 17 heavy (non-hydrogen) atoms. The van der Waals surface area contributed by atoms with Crippen LogP contribution in [0.3, 0.4) is 0 Å². The molecule has 1 rings (SSSR count). The van der Waals surface area contributed by atoms with Crippen LogP contribution in [0.15, 0.2) is 0 Å². The van der Waals surface area contributed by atoms with Crippen molar-refractivity contribution in [1.82, 2.24) is 4.72 Å². The first-order valence-corrected chi connectivity index (χ1v) is 7.15. The molecule has 0 saturated heterocycles. The molecule has 0 aromatic rings. The van der Waals surface area contributed by atoms with E-state index in [-0.39, 0.29) is 18.6 Å². The van der Waals surface area contributed by atoms with Crippen LogP contribution in [-0.2, 0) is 19.6 Å². The maximum absolute atomic E-state index is 11.7. The van der Waals surface area contributed by atoms with Crippen LogP contribution in [0, 0.1) is 5.92 Å². The predicted molar refractivity (Wildman–Crippen MR) is 61.7 cm³/mol. The molecular formula is C10H19NO5S. The number of sulfonamides is 1. The zero-order chi connectivity index (χ0) is 13.1. The van der Waals surface area contributed by atoms with Crippen LogP contribution >= 0.6 is 0 Å². The standard InChI is InChI=1S/C10H19NO5S/c1-7(10(13)16-2)17(14,15)11-6-8-3-4-9(12)5-8/h7-9,11-12H,3-6H2,1-2H3. The number of hydrogen-bond donors (Lipinski definition) is 2. The minimum atomic E-state index is -3.68. The SMILES string of the molecule is COC(=O)C(C)S(=O)(=O)NCC1CCC(O)C1. The number of aliphatic hydroxyl groups is 1. The molecular weight excluding hydrogens is 246 g/mol. The van der Waals surface area contributed by atoms with Gasteiger partial charge in [0.25, 0.3) is 0 Å². The van der Waals surface area contributed by atoms with Crippen LogP contribution in [0.5, 0.6) is 0 Å². The first-order valence-electron chi connectivity index (χ1n) is 5.61. The second kappa shape index (κ2) is 5.79. The highest BCUT2D eigenvalue weighted by atomic mass is 32.2. The van der Waals surface area contributed by atoms with Gasteiger partial charge in [-0.15, -0.1) is 0 Å². The molecule has 100 valence electrons. The number of rotatable bonds is 5. The van der Waals surface area contributed by atoms with Crippen LogP contribution in [0.2, 0.25) is 0 Å². The van der Waals surface area contributed by atoms with Crippen molar-refractivity contribution >= 4 is 16.0 Å². The number of carbonyl (C=O) groups excluding carboxylic acids is 1. The van der Waals surface area contributed by atoms with Crippen LogP contribution in [0.25, 0.3) is 0 Å². The van der Waals surface area contributed by atoms with E-state index in [0.717, 1.165) is 13.5 Å². The fourth-order valence-corrected chi connectivity index (χ4v) is 2.95. The minimum Gasteiger partial charge on any atom is -0.468 e. The van der Waals surface area contributed by atoms with Gasteiger partial charge in [-0.3, -0.25) is 4.79 Å². The van der Waals surface area contributed by atoms with E-state index in [0.29, 0.717) is 12.8 Å². The van der Waals surface area contributed by atoms with Crippen LogP contribution in [0.4, 0.5) is 0 Å². The van der Waals surface area contributed by atoms with Crippen molar-refractivity contribution in [3.8, 4) is 0 Å². The molecule has 1 saturated carbocycles. The molecule has 3 unspecified atom stereocenters. The molecule has 1 aliphatic rings. The van der Waals surface area contributed by atoms with Gasteiger partial charge in [-0.25, -0.2) is 13.1 Å². The molecule has 6 nitrogen and oxygen atoms in total. The first kappa shape index (κ1) is 14.4. The molecule has 0 aromatic carbocycles. The number of methoxy groups -OCH3 is 1. The molecule has 1 aliphatic carbocycles. The van der Waals surface area contributed by atoms with Crippen molar-refractivity contribution in [1.29, 1.82) is 0 Å². The van der Waals surface area contributed by atoms with Crippen LogP contribution in [-0.4, -0.2) is 44.5 Å². The van der Waals surface area contributed by atoms with Crippen molar-refractivity contribution in [3.05, 3.63) is 0 Å². The minimum absolute atomic E-state index is 0.143. The molecule has 0 aromatic heterocycles. The number of aliphatic hydroxyl groups excluding tert-OH is 1.